The number of rotatable bonds is 6. The van der Waals surface area contributed by atoms with Crippen LogP contribution in [-0.4, -0.2) is 17.1 Å². The first-order valence-electron chi connectivity index (χ1n) is 11.4. The molecule has 2 aromatic carbocycles. The van der Waals surface area contributed by atoms with Gasteiger partial charge in [0.2, 0.25) is 0 Å². The molecule has 190 valence electrons. The fourth-order valence-electron chi connectivity index (χ4n) is 4.56. The molecule has 1 aliphatic carbocycles. The second-order valence-electron chi connectivity index (χ2n) is 8.84. The summed E-state index contributed by atoms with van der Waals surface area (Å²) in [5, 5.41) is 5.81. The van der Waals surface area contributed by atoms with Crippen molar-refractivity contribution in [3.63, 3.8) is 0 Å². The average Bonchev–Trinajstić information content (AvgIpc) is 3.32. The Balaban J connectivity index is 1.91. The summed E-state index contributed by atoms with van der Waals surface area (Å²) in [6.07, 6.45) is -0.567. The van der Waals surface area contributed by atoms with Gasteiger partial charge in [-0.25, -0.2) is 13.6 Å². The summed E-state index contributed by atoms with van der Waals surface area (Å²) in [6.45, 7) is 0. The Hall–Kier alpha value is -3.20. The van der Waals surface area contributed by atoms with Crippen molar-refractivity contribution in [2.75, 3.05) is 0 Å². The standard InChI is InChI=1S/C26H23ClF5N3O/c27-19-9-10-23(33-15-19)25(14-16-5-1-4-8-22(16)29,35-24(36)34-21-6-2-3-7-21)17-11-18(26(30,31)32)13-20(28)12-17/h1,4-5,8-13,15,21H,2-3,6-7,14H2,(H2,34,35,36)/t25-/m0/s1. The fourth-order valence-corrected chi connectivity index (χ4v) is 4.67. The molecule has 10 heteroatoms. The molecule has 1 aromatic heterocycles. The molecule has 1 saturated carbocycles. The van der Waals surface area contributed by atoms with E-state index in [-0.39, 0.29) is 34.3 Å². The summed E-state index contributed by atoms with van der Waals surface area (Å²) in [5.74, 6) is -1.80. The molecule has 1 atom stereocenters. The van der Waals surface area contributed by atoms with Crippen LogP contribution in [0.3, 0.4) is 0 Å². The van der Waals surface area contributed by atoms with Crippen molar-refractivity contribution in [1.29, 1.82) is 0 Å². The second kappa shape index (κ2) is 10.4. The van der Waals surface area contributed by atoms with Gasteiger partial charge in [-0.15, -0.1) is 0 Å². The third-order valence-corrected chi connectivity index (χ3v) is 6.54. The third kappa shape index (κ3) is 5.78. The Morgan fingerprint density at radius 1 is 1.00 bits per heavy atom. The SMILES string of the molecule is O=C(NC1CCCC1)N[C@@](Cc1ccccc1F)(c1cc(F)cc(C(F)(F)F)c1)c1ccc(Cl)cn1. The van der Waals surface area contributed by atoms with Crippen LogP contribution in [0.5, 0.6) is 0 Å². The molecule has 2 N–H and O–H groups in total. The van der Waals surface area contributed by atoms with Crippen LogP contribution in [-0.2, 0) is 18.1 Å². The minimum Gasteiger partial charge on any atom is -0.335 e. The highest BCUT2D eigenvalue weighted by molar-refractivity contribution is 6.30. The van der Waals surface area contributed by atoms with Crippen LogP contribution in [0, 0.1) is 11.6 Å². The van der Waals surface area contributed by atoms with Gasteiger partial charge in [0.25, 0.3) is 0 Å². The molecular weight excluding hydrogens is 501 g/mol. The van der Waals surface area contributed by atoms with E-state index >= 15 is 0 Å². The number of carbonyl (C=O) groups excluding carboxylic acids is 1. The number of urea groups is 1. The zero-order valence-corrected chi connectivity index (χ0v) is 19.8. The van der Waals surface area contributed by atoms with Crippen molar-refractivity contribution in [3.05, 3.63) is 99.8 Å². The van der Waals surface area contributed by atoms with E-state index in [4.69, 9.17) is 11.6 Å². The highest BCUT2D eigenvalue weighted by Gasteiger charge is 2.41. The number of hydrogen-bond donors (Lipinski definition) is 2. The first-order chi connectivity index (χ1) is 17.1. The van der Waals surface area contributed by atoms with Gasteiger partial charge < -0.3 is 10.6 Å². The molecule has 2 amide bonds. The van der Waals surface area contributed by atoms with Crippen LogP contribution in [0.4, 0.5) is 26.7 Å². The van der Waals surface area contributed by atoms with Gasteiger partial charge in [0.1, 0.15) is 17.2 Å². The fraction of sp³-hybridized carbons (Fsp3) is 0.308. The lowest BCUT2D eigenvalue weighted by molar-refractivity contribution is -0.137. The topological polar surface area (TPSA) is 54.0 Å². The van der Waals surface area contributed by atoms with Crippen LogP contribution in [0.25, 0.3) is 0 Å². The average molecular weight is 524 g/mol. The predicted molar refractivity (Wildman–Crippen MR) is 125 cm³/mol. The van der Waals surface area contributed by atoms with E-state index in [1.807, 2.05) is 0 Å². The molecule has 0 bridgehead atoms. The number of benzene rings is 2. The van der Waals surface area contributed by atoms with Crippen LogP contribution in [0.15, 0.2) is 60.8 Å². The normalized spacial score (nSPS) is 15.9. The number of nitrogens with one attached hydrogen (secondary N) is 2. The lowest BCUT2D eigenvalue weighted by Gasteiger charge is -2.36. The molecule has 0 aliphatic heterocycles. The Bertz CT molecular complexity index is 1230. The molecule has 0 radical (unpaired) electrons. The zero-order valence-electron chi connectivity index (χ0n) is 19.0. The van der Waals surface area contributed by atoms with Crippen molar-refractivity contribution < 1.29 is 26.7 Å². The van der Waals surface area contributed by atoms with E-state index in [0.29, 0.717) is 6.07 Å². The summed E-state index contributed by atoms with van der Waals surface area (Å²) < 4.78 is 70.4. The summed E-state index contributed by atoms with van der Waals surface area (Å²) in [4.78, 5) is 17.4. The van der Waals surface area contributed by atoms with E-state index in [1.165, 1.54) is 36.5 Å². The Kier molecular flexibility index (Phi) is 7.49. The van der Waals surface area contributed by atoms with Gasteiger partial charge in [-0.3, -0.25) is 4.98 Å². The zero-order chi connectivity index (χ0) is 25.9. The molecule has 0 saturated heterocycles. The van der Waals surface area contributed by atoms with Crippen molar-refractivity contribution >= 4 is 17.6 Å². The quantitative estimate of drug-likeness (QED) is 0.351. The lowest BCUT2D eigenvalue weighted by atomic mass is 9.79. The van der Waals surface area contributed by atoms with Gasteiger partial charge >= 0.3 is 12.2 Å². The van der Waals surface area contributed by atoms with Gasteiger partial charge in [-0.2, -0.15) is 13.2 Å². The van der Waals surface area contributed by atoms with Crippen molar-refractivity contribution in [2.45, 2.75) is 49.9 Å². The lowest BCUT2D eigenvalue weighted by Crippen LogP contribution is -2.54. The Morgan fingerprint density at radius 3 is 2.33 bits per heavy atom. The maximum atomic E-state index is 14.8. The Labute approximate surface area is 209 Å². The smallest absolute Gasteiger partial charge is 0.335 e. The highest BCUT2D eigenvalue weighted by Crippen LogP contribution is 2.38. The maximum absolute atomic E-state index is 14.8. The number of alkyl halides is 3. The van der Waals surface area contributed by atoms with Crippen LogP contribution in [0.2, 0.25) is 5.02 Å². The molecule has 3 aromatic rings. The highest BCUT2D eigenvalue weighted by atomic mass is 35.5. The molecule has 0 unspecified atom stereocenters. The number of carbonyl (C=O) groups is 1. The van der Waals surface area contributed by atoms with Gasteiger partial charge in [-0.1, -0.05) is 42.6 Å². The summed E-state index contributed by atoms with van der Waals surface area (Å²) in [7, 11) is 0. The molecule has 1 fully saturated rings. The summed E-state index contributed by atoms with van der Waals surface area (Å²) >= 11 is 5.99. The van der Waals surface area contributed by atoms with Crippen molar-refractivity contribution in [2.24, 2.45) is 0 Å². The van der Waals surface area contributed by atoms with E-state index < -0.39 is 34.9 Å². The number of nitrogens with zero attached hydrogens (tertiary/aromatic N) is 1. The first-order valence-corrected chi connectivity index (χ1v) is 11.8. The van der Waals surface area contributed by atoms with E-state index in [2.05, 4.69) is 15.6 Å². The number of pyridine rings is 1. The molecule has 0 spiro atoms. The molecule has 4 nitrogen and oxygen atoms in total. The largest absolute Gasteiger partial charge is 0.416 e. The number of aromatic nitrogens is 1. The van der Waals surface area contributed by atoms with Crippen molar-refractivity contribution in [3.8, 4) is 0 Å². The van der Waals surface area contributed by atoms with Gasteiger partial charge in [0.15, 0.2) is 0 Å². The molecule has 36 heavy (non-hydrogen) atoms. The molecule has 4 rings (SSSR count). The monoisotopic (exact) mass is 523 g/mol. The summed E-state index contributed by atoms with van der Waals surface area (Å²) in [5.41, 5.74) is -3.20. The van der Waals surface area contributed by atoms with Gasteiger partial charge in [-0.05, 0) is 60.4 Å². The van der Waals surface area contributed by atoms with E-state index in [9.17, 15) is 26.7 Å². The van der Waals surface area contributed by atoms with Gasteiger partial charge in [0, 0.05) is 18.7 Å². The minimum atomic E-state index is -4.86. The summed E-state index contributed by atoms with van der Waals surface area (Å²) in [6, 6.07) is 9.72. The minimum absolute atomic E-state index is 0.0652. The van der Waals surface area contributed by atoms with E-state index in [0.717, 1.165) is 37.8 Å². The van der Waals surface area contributed by atoms with Crippen molar-refractivity contribution in [1.82, 2.24) is 15.6 Å². The van der Waals surface area contributed by atoms with Crippen LogP contribution in [0.1, 0.15) is 48.1 Å². The van der Waals surface area contributed by atoms with Crippen LogP contribution >= 0.6 is 11.6 Å². The molecule has 1 aliphatic rings. The maximum Gasteiger partial charge on any atom is 0.416 e. The van der Waals surface area contributed by atoms with Crippen LogP contribution < -0.4 is 10.6 Å². The third-order valence-electron chi connectivity index (χ3n) is 6.31. The second-order valence-corrected chi connectivity index (χ2v) is 9.28. The first kappa shape index (κ1) is 25.9. The number of hydrogen-bond acceptors (Lipinski definition) is 2. The molecule has 1 heterocycles. The number of amides is 2. The van der Waals surface area contributed by atoms with Gasteiger partial charge in [0.05, 0.1) is 16.3 Å². The van der Waals surface area contributed by atoms with E-state index in [1.54, 1.807) is 6.07 Å². The molecular formula is C26H23ClF5N3O. The Morgan fingerprint density at radius 2 is 1.69 bits per heavy atom. The predicted octanol–water partition coefficient (Wildman–Crippen LogP) is 6.76. The number of halogens is 6.